The number of benzene rings is 1. The molecule has 5 nitrogen and oxygen atoms in total. The van der Waals surface area contributed by atoms with Crippen LogP contribution in [0.4, 0.5) is 0 Å². The second-order valence-electron chi connectivity index (χ2n) is 6.05. The van der Waals surface area contributed by atoms with E-state index in [0.29, 0.717) is 17.9 Å². The molecule has 2 aromatic rings. The van der Waals surface area contributed by atoms with Gasteiger partial charge in [-0.05, 0) is 31.5 Å². The minimum absolute atomic E-state index is 0.266. The zero-order valence-corrected chi connectivity index (χ0v) is 13.2. The second-order valence-corrected chi connectivity index (χ2v) is 6.05. The van der Waals surface area contributed by atoms with Crippen LogP contribution >= 0.6 is 0 Å². The molecule has 23 heavy (non-hydrogen) atoms. The number of hydrogen-bond acceptors (Lipinski definition) is 3. The van der Waals surface area contributed by atoms with Gasteiger partial charge in [-0.2, -0.15) is 0 Å². The maximum Gasteiger partial charge on any atom is 0.309 e. The normalized spacial score (nSPS) is 11.0. The number of nitrogens with one attached hydrogen (secondary N) is 1. The Hall–Kier alpha value is -2.69. The maximum absolute atomic E-state index is 12.2. The van der Waals surface area contributed by atoms with Gasteiger partial charge in [-0.3, -0.25) is 9.59 Å². The van der Waals surface area contributed by atoms with Crippen LogP contribution in [0.2, 0.25) is 0 Å². The van der Waals surface area contributed by atoms with E-state index in [-0.39, 0.29) is 12.3 Å². The van der Waals surface area contributed by atoms with Crippen LogP contribution in [-0.2, 0) is 17.8 Å². The van der Waals surface area contributed by atoms with Crippen molar-refractivity contribution in [3.63, 3.8) is 0 Å². The van der Waals surface area contributed by atoms with E-state index in [4.69, 9.17) is 0 Å². The molecular weight excluding hydrogens is 292 g/mol. The van der Waals surface area contributed by atoms with Crippen molar-refractivity contribution >= 4 is 11.9 Å². The summed E-state index contributed by atoms with van der Waals surface area (Å²) in [4.78, 5) is 27.7. The number of rotatable bonds is 6. The minimum atomic E-state index is -0.924. The van der Waals surface area contributed by atoms with E-state index in [1.54, 1.807) is 32.0 Å². The molecule has 1 aromatic heterocycles. The highest BCUT2D eigenvalue weighted by Crippen LogP contribution is 2.21. The molecule has 0 aliphatic heterocycles. The summed E-state index contributed by atoms with van der Waals surface area (Å²) < 4.78 is 0. The zero-order chi connectivity index (χ0) is 16.9. The van der Waals surface area contributed by atoms with Gasteiger partial charge in [0.05, 0.1) is 5.41 Å². The third-order valence-corrected chi connectivity index (χ3v) is 3.54. The molecule has 1 amide bonds. The summed E-state index contributed by atoms with van der Waals surface area (Å²) in [6.45, 7) is 3.70. The number of carbonyl (C=O) groups is 2. The summed E-state index contributed by atoms with van der Waals surface area (Å²) in [7, 11) is 0. The number of aromatic nitrogens is 1. The number of carbonyl (C=O) groups excluding carboxylic acids is 1. The van der Waals surface area contributed by atoms with Gasteiger partial charge in [-0.15, -0.1) is 0 Å². The molecule has 0 unspecified atom stereocenters. The lowest BCUT2D eigenvalue weighted by molar-refractivity contribution is -0.146. The summed E-state index contributed by atoms with van der Waals surface area (Å²) in [6, 6.07) is 14.7. The number of carboxylic acid groups (broad SMARTS) is 1. The highest BCUT2D eigenvalue weighted by atomic mass is 16.4. The van der Waals surface area contributed by atoms with Crippen LogP contribution in [-0.4, -0.2) is 22.0 Å². The molecule has 0 atom stereocenters. The highest BCUT2D eigenvalue weighted by molar-refractivity contribution is 5.92. The van der Waals surface area contributed by atoms with Gasteiger partial charge in [-0.1, -0.05) is 36.4 Å². The Balaban J connectivity index is 2.04. The van der Waals surface area contributed by atoms with E-state index < -0.39 is 11.4 Å². The predicted octanol–water partition coefficient (Wildman–Crippen LogP) is 2.66. The van der Waals surface area contributed by atoms with Gasteiger partial charge in [0.15, 0.2) is 0 Å². The Bertz CT molecular complexity index is 696. The van der Waals surface area contributed by atoms with Crippen molar-refractivity contribution in [2.75, 3.05) is 0 Å². The Morgan fingerprint density at radius 3 is 2.43 bits per heavy atom. The van der Waals surface area contributed by atoms with Gasteiger partial charge in [-0.25, -0.2) is 4.98 Å². The molecule has 0 saturated heterocycles. The van der Waals surface area contributed by atoms with Crippen molar-refractivity contribution < 1.29 is 14.7 Å². The Morgan fingerprint density at radius 2 is 1.78 bits per heavy atom. The summed E-state index contributed by atoms with van der Waals surface area (Å²) >= 11 is 0. The largest absolute Gasteiger partial charge is 0.481 e. The summed E-state index contributed by atoms with van der Waals surface area (Å²) in [5.74, 6) is -1.16. The van der Waals surface area contributed by atoms with E-state index in [0.717, 1.165) is 5.56 Å². The van der Waals surface area contributed by atoms with Crippen molar-refractivity contribution in [1.82, 2.24) is 10.3 Å². The van der Waals surface area contributed by atoms with Gasteiger partial charge in [0.1, 0.15) is 5.69 Å². The first-order chi connectivity index (χ1) is 10.9. The number of amides is 1. The average Bonchev–Trinajstić information content (AvgIpc) is 2.53. The quantitative estimate of drug-likeness (QED) is 0.859. The summed E-state index contributed by atoms with van der Waals surface area (Å²) in [6.07, 6.45) is 0.266. The van der Waals surface area contributed by atoms with E-state index >= 15 is 0 Å². The van der Waals surface area contributed by atoms with Crippen LogP contribution in [0, 0.1) is 5.41 Å². The van der Waals surface area contributed by atoms with E-state index in [2.05, 4.69) is 10.3 Å². The maximum atomic E-state index is 12.2. The molecule has 1 aromatic carbocycles. The van der Waals surface area contributed by atoms with Crippen molar-refractivity contribution in [1.29, 1.82) is 0 Å². The smallest absolute Gasteiger partial charge is 0.309 e. The van der Waals surface area contributed by atoms with Gasteiger partial charge in [0.25, 0.3) is 5.91 Å². The fraction of sp³-hybridized carbons (Fsp3) is 0.278. The summed E-state index contributed by atoms with van der Waals surface area (Å²) in [5.41, 5.74) is 0.958. The molecule has 0 aliphatic carbocycles. The SMILES string of the molecule is CC(C)(Cc1cccc(C(=O)NCc2ccccc2)n1)C(=O)O. The molecule has 0 radical (unpaired) electrons. The lowest BCUT2D eigenvalue weighted by Crippen LogP contribution is -2.28. The van der Waals surface area contributed by atoms with E-state index in [1.165, 1.54) is 0 Å². The molecule has 0 aliphatic rings. The molecule has 0 bridgehead atoms. The number of hydrogen-bond donors (Lipinski definition) is 2. The highest BCUT2D eigenvalue weighted by Gasteiger charge is 2.28. The van der Waals surface area contributed by atoms with Crippen LogP contribution in [0.1, 0.15) is 35.6 Å². The Kier molecular flexibility index (Phi) is 5.11. The number of aliphatic carboxylic acids is 1. The lowest BCUT2D eigenvalue weighted by Gasteiger charge is -2.18. The second kappa shape index (κ2) is 7.05. The molecule has 120 valence electrons. The van der Waals surface area contributed by atoms with Crippen LogP contribution in [0.5, 0.6) is 0 Å². The van der Waals surface area contributed by atoms with Crippen LogP contribution in [0.25, 0.3) is 0 Å². The molecular formula is C18H20N2O3. The van der Waals surface area contributed by atoms with Crippen molar-refractivity contribution in [3.8, 4) is 0 Å². The van der Waals surface area contributed by atoms with Crippen molar-refractivity contribution in [2.45, 2.75) is 26.8 Å². The van der Waals surface area contributed by atoms with Gasteiger partial charge >= 0.3 is 5.97 Å². The molecule has 2 rings (SSSR count). The standard InChI is InChI=1S/C18H20N2O3/c1-18(2,17(22)23)11-14-9-6-10-15(20-14)16(21)19-12-13-7-4-3-5-8-13/h3-10H,11-12H2,1-2H3,(H,19,21)(H,22,23). The third-order valence-electron chi connectivity index (χ3n) is 3.54. The first-order valence-electron chi connectivity index (χ1n) is 7.40. The monoisotopic (exact) mass is 312 g/mol. The fourth-order valence-electron chi connectivity index (χ4n) is 2.10. The van der Waals surface area contributed by atoms with Crippen LogP contribution < -0.4 is 5.32 Å². The molecule has 0 spiro atoms. The molecule has 0 saturated carbocycles. The molecule has 2 N–H and O–H groups in total. The fourth-order valence-corrected chi connectivity index (χ4v) is 2.10. The van der Waals surface area contributed by atoms with Crippen LogP contribution in [0.3, 0.4) is 0 Å². The van der Waals surface area contributed by atoms with E-state index in [9.17, 15) is 14.7 Å². The van der Waals surface area contributed by atoms with E-state index in [1.807, 2.05) is 30.3 Å². The predicted molar refractivity (Wildman–Crippen MR) is 87.0 cm³/mol. The molecule has 5 heteroatoms. The van der Waals surface area contributed by atoms with Gasteiger partial charge in [0.2, 0.25) is 0 Å². The number of pyridine rings is 1. The molecule has 0 fully saturated rings. The minimum Gasteiger partial charge on any atom is -0.481 e. The topological polar surface area (TPSA) is 79.3 Å². The Morgan fingerprint density at radius 1 is 1.09 bits per heavy atom. The lowest BCUT2D eigenvalue weighted by atomic mass is 9.88. The first-order valence-corrected chi connectivity index (χ1v) is 7.40. The van der Waals surface area contributed by atoms with Gasteiger partial charge in [0, 0.05) is 18.7 Å². The Labute approximate surface area is 135 Å². The van der Waals surface area contributed by atoms with Crippen molar-refractivity contribution in [2.24, 2.45) is 5.41 Å². The van der Waals surface area contributed by atoms with Crippen LogP contribution in [0.15, 0.2) is 48.5 Å². The summed E-state index contributed by atoms with van der Waals surface area (Å²) in [5, 5.41) is 12.0. The number of nitrogens with zero attached hydrogens (tertiary/aromatic N) is 1. The molecule has 1 heterocycles. The zero-order valence-electron chi connectivity index (χ0n) is 13.2. The van der Waals surface area contributed by atoms with Gasteiger partial charge < -0.3 is 10.4 Å². The van der Waals surface area contributed by atoms with Crippen molar-refractivity contribution in [3.05, 3.63) is 65.5 Å². The number of carboxylic acids is 1. The average molecular weight is 312 g/mol. The first kappa shape index (κ1) is 16.7. The third kappa shape index (κ3) is 4.64.